The van der Waals surface area contributed by atoms with Crippen LogP contribution in [0.4, 0.5) is 11.6 Å². The SMILES string of the molecule is CC(=N)/C(=C\NCCCN1CCCC1)c1cnc2ccc(Nc3cc(C(C)C)cnn3)nc2c1. The van der Waals surface area contributed by atoms with E-state index >= 15 is 0 Å². The van der Waals surface area contributed by atoms with Crippen LogP contribution >= 0.6 is 0 Å². The quantitative estimate of drug-likeness (QED) is 0.298. The molecule has 0 amide bonds. The summed E-state index contributed by atoms with van der Waals surface area (Å²) in [5.74, 6) is 1.71. The van der Waals surface area contributed by atoms with E-state index in [1.807, 2.05) is 36.7 Å². The van der Waals surface area contributed by atoms with Crippen molar-refractivity contribution in [1.29, 1.82) is 5.41 Å². The van der Waals surface area contributed by atoms with Crippen molar-refractivity contribution < 1.29 is 0 Å². The zero-order chi connectivity index (χ0) is 23.9. The van der Waals surface area contributed by atoms with E-state index in [1.165, 1.54) is 25.9 Å². The Hall–Kier alpha value is -3.39. The van der Waals surface area contributed by atoms with Crippen LogP contribution in [0.1, 0.15) is 57.1 Å². The molecule has 0 radical (unpaired) electrons. The molecule has 0 aromatic carbocycles. The van der Waals surface area contributed by atoms with Crippen molar-refractivity contribution in [1.82, 2.24) is 30.4 Å². The van der Waals surface area contributed by atoms with Crippen molar-refractivity contribution in [2.75, 3.05) is 31.5 Å². The Morgan fingerprint density at radius 1 is 1.12 bits per heavy atom. The number of likely N-dealkylation sites (tertiary alicyclic amines) is 1. The molecule has 3 aromatic heterocycles. The van der Waals surface area contributed by atoms with Gasteiger partial charge in [0.1, 0.15) is 5.82 Å². The number of anilines is 2. The van der Waals surface area contributed by atoms with Crippen molar-refractivity contribution in [2.24, 2.45) is 0 Å². The summed E-state index contributed by atoms with van der Waals surface area (Å²) in [6.45, 7) is 10.5. The summed E-state index contributed by atoms with van der Waals surface area (Å²) in [5.41, 5.74) is 4.87. The molecule has 1 fully saturated rings. The number of nitrogens with one attached hydrogen (secondary N) is 3. The first-order valence-electron chi connectivity index (χ1n) is 12.1. The van der Waals surface area contributed by atoms with E-state index in [-0.39, 0.29) is 0 Å². The lowest BCUT2D eigenvalue weighted by Gasteiger charge is -2.14. The third-order valence-electron chi connectivity index (χ3n) is 6.09. The molecule has 0 unspecified atom stereocenters. The third-order valence-corrected chi connectivity index (χ3v) is 6.09. The fourth-order valence-electron chi connectivity index (χ4n) is 4.11. The largest absolute Gasteiger partial charge is 0.390 e. The maximum atomic E-state index is 8.27. The van der Waals surface area contributed by atoms with E-state index in [1.54, 1.807) is 13.1 Å². The summed E-state index contributed by atoms with van der Waals surface area (Å²) in [5, 5.41) is 23.2. The maximum Gasteiger partial charge on any atom is 0.154 e. The molecule has 0 bridgehead atoms. The lowest BCUT2D eigenvalue weighted by Crippen LogP contribution is -2.23. The monoisotopic (exact) mass is 458 g/mol. The molecule has 1 aliphatic rings. The molecule has 34 heavy (non-hydrogen) atoms. The third kappa shape index (κ3) is 6.14. The normalized spacial score (nSPS) is 14.6. The van der Waals surface area contributed by atoms with Gasteiger partial charge in [-0.2, -0.15) is 5.10 Å². The molecule has 3 aromatic rings. The number of hydrogen-bond donors (Lipinski definition) is 3. The van der Waals surface area contributed by atoms with E-state index < -0.39 is 0 Å². The van der Waals surface area contributed by atoms with Crippen LogP contribution in [0.25, 0.3) is 16.6 Å². The van der Waals surface area contributed by atoms with Gasteiger partial charge in [-0.05, 0) is 81.6 Å². The van der Waals surface area contributed by atoms with Crippen LogP contribution in [0.5, 0.6) is 0 Å². The molecule has 4 heterocycles. The van der Waals surface area contributed by atoms with Gasteiger partial charge in [0.05, 0.1) is 17.2 Å². The maximum absolute atomic E-state index is 8.27. The van der Waals surface area contributed by atoms with Crippen molar-refractivity contribution >= 4 is 34.0 Å². The lowest BCUT2D eigenvalue weighted by atomic mass is 10.0. The zero-order valence-corrected chi connectivity index (χ0v) is 20.3. The predicted molar refractivity (Wildman–Crippen MR) is 139 cm³/mol. The Balaban J connectivity index is 1.47. The molecular formula is C26H34N8. The van der Waals surface area contributed by atoms with Gasteiger partial charge in [-0.1, -0.05) is 13.8 Å². The van der Waals surface area contributed by atoms with Gasteiger partial charge in [0, 0.05) is 35.8 Å². The number of fused-ring (bicyclic) bond motifs is 1. The van der Waals surface area contributed by atoms with E-state index in [0.717, 1.165) is 47.2 Å². The fourth-order valence-corrected chi connectivity index (χ4v) is 4.11. The van der Waals surface area contributed by atoms with E-state index in [4.69, 9.17) is 10.4 Å². The van der Waals surface area contributed by atoms with Crippen LogP contribution in [0.2, 0.25) is 0 Å². The Morgan fingerprint density at radius 2 is 1.94 bits per heavy atom. The van der Waals surface area contributed by atoms with E-state index in [9.17, 15) is 0 Å². The fraction of sp³-hybridized carbons (Fsp3) is 0.423. The number of nitrogens with zero attached hydrogens (tertiary/aromatic N) is 5. The number of allylic oxidation sites excluding steroid dienone is 1. The second kappa shape index (κ2) is 11.2. The first kappa shape index (κ1) is 23.8. The Morgan fingerprint density at radius 3 is 2.71 bits per heavy atom. The highest BCUT2D eigenvalue weighted by molar-refractivity contribution is 6.21. The molecular weight excluding hydrogens is 424 g/mol. The predicted octanol–water partition coefficient (Wildman–Crippen LogP) is 4.74. The molecule has 178 valence electrons. The molecule has 1 aliphatic heterocycles. The Bertz CT molecular complexity index is 1160. The van der Waals surface area contributed by atoms with Crippen molar-refractivity contribution in [3.63, 3.8) is 0 Å². The van der Waals surface area contributed by atoms with Crippen LogP contribution in [0.15, 0.2) is 42.9 Å². The number of rotatable bonds is 10. The van der Waals surface area contributed by atoms with Gasteiger partial charge in [0.15, 0.2) is 5.82 Å². The Labute approximate surface area is 201 Å². The summed E-state index contributed by atoms with van der Waals surface area (Å²) >= 11 is 0. The van der Waals surface area contributed by atoms with Gasteiger partial charge in [0.25, 0.3) is 0 Å². The van der Waals surface area contributed by atoms with Crippen molar-refractivity contribution in [2.45, 2.75) is 46.0 Å². The molecule has 0 spiro atoms. The highest BCUT2D eigenvalue weighted by Crippen LogP contribution is 2.22. The highest BCUT2D eigenvalue weighted by Gasteiger charge is 2.11. The van der Waals surface area contributed by atoms with Crippen LogP contribution in [0.3, 0.4) is 0 Å². The summed E-state index contributed by atoms with van der Waals surface area (Å²) < 4.78 is 0. The molecule has 0 atom stereocenters. The summed E-state index contributed by atoms with van der Waals surface area (Å²) in [6.07, 6.45) is 9.27. The first-order chi connectivity index (χ1) is 16.5. The Kier molecular flexibility index (Phi) is 7.80. The second-order valence-electron chi connectivity index (χ2n) is 9.15. The summed E-state index contributed by atoms with van der Waals surface area (Å²) in [7, 11) is 0. The van der Waals surface area contributed by atoms with Crippen molar-refractivity contribution in [3.8, 4) is 0 Å². The average molecular weight is 459 g/mol. The molecule has 8 heteroatoms. The topological polar surface area (TPSA) is 103 Å². The van der Waals surface area contributed by atoms with Gasteiger partial charge in [-0.3, -0.25) is 4.98 Å². The highest BCUT2D eigenvalue weighted by atomic mass is 15.2. The van der Waals surface area contributed by atoms with Crippen LogP contribution in [0, 0.1) is 5.41 Å². The lowest BCUT2D eigenvalue weighted by molar-refractivity contribution is 0.333. The minimum Gasteiger partial charge on any atom is -0.390 e. The number of pyridine rings is 2. The number of aromatic nitrogens is 4. The van der Waals surface area contributed by atoms with Gasteiger partial charge in [0.2, 0.25) is 0 Å². The summed E-state index contributed by atoms with van der Waals surface area (Å²) in [6, 6.07) is 7.80. The van der Waals surface area contributed by atoms with Gasteiger partial charge in [-0.25, -0.2) is 4.98 Å². The van der Waals surface area contributed by atoms with Gasteiger partial charge >= 0.3 is 0 Å². The molecule has 8 nitrogen and oxygen atoms in total. The molecule has 1 saturated heterocycles. The molecule has 0 saturated carbocycles. The molecule has 4 rings (SSSR count). The number of hydrogen-bond acceptors (Lipinski definition) is 8. The van der Waals surface area contributed by atoms with E-state index in [0.29, 0.717) is 23.3 Å². The smallest absolute Gasteiger partial charge is 0.154 e. The zero-order valence-electron chi connectivity index (χ0n) is 20.3. The average Bonchev–Trinajstić information content (AvgIpc) is 3.34. The van der Waals surface area contributed by atoms with Gasteiger partial charge in [-0.15, -0.1) is 5.10 Å². The molecule has 3 N–H and O–H groups in total. The summed E-state index contributed by atoms with van der Waals surface area (Å²) in [4.78, 5) is 11.8. The van der Waals surface area contributed by atoms with E-state index in [2.05, 4.69) is 44.6 Å². The van der Waals surface area contributed by atoms with Crippen LogP contribution in [-0.4, -0.2) is 57.0 Å². The second-order valence-corrected chi connectivity index (χ2v) is 9.15. The first-order valence-corrected chi connectivity index (χ1v) is 12.1. The van der Waals surface area contributed by atoms with Crippen LogP contribution < -0.4 is 10.6 Å². The standard InChI is InChI=1S/C26H34N8/c1-18(2)20-14-26(33-30-16-20)32-25-8-7-23-24(31-25)13-21(15-29-23)22(19(3)27)17-28-9-6-12-34-10-4-5-11-34/h7-8,13-18,27-28H,4-6,9-12H2,1-3H3,(H,31,32,33)/b22-17+,27-19?. The minimum absolute atomic E-state index is 0.371. The molecule has 0 aliphatic carbocycles. The van der Waals surface area contributed by atoms with Crippen LogP contribution in [-0.2, 0) is 0 Å². The van der Waals surface area contributed by atoms with Gasteiger partial charge < -0.3 is 20.9 Å². The van der Waals surface area contributed by atoms with Crippen molar-refractivity contribution in [3.05, 3.63) is 54.0 Å². The minimum atomic E-state index is 0.371.